The van der Waals surface area contributed by atoms with Crippen molar-refractivity contribution in [3.05, 3.63) is 0 Å². The van der Waals surface area contributed by atoms with E-state index < -0.39 is 0 Å². The van der Waals surface area contributed by atoms with E-state index in [1.54, 1.807) is 0 Å². The summed E-state index contributed by atoms with van der Waals surface area (Å²) in [6, 6.07) is 0.356. The van der Waals surface area contributed by atoms with Crippen molar-refractivity contribution in [2.45, 2.75) is 74.3 Å². The molecule has 0 radical (unpaired) electrons. The van der Waals surface area contributed by atoms with Gasteiger partial charge in [0, 0.05) is 18.5 Å². The molecule has 0 bridgehead atoms. The van der Waals surface area contributed by atoms with E-state index in [0.717, 1.165) is 19.4 Å². The standard InChI is InChI=1S/C17H35NO/c1-9-16(10-2)15(8)18(11-3)17(19)14(7)13(6)12(4)5/h12-16H,9-11H2,1-8H3. The SMILES string of the molecule is CCC(CC)C(C)N(CC)C(=O)C(C)C(C)C(C)C. The Labute approximate surface area is 120 Å². The molecular weight excluding hydrogens is 234 g/mol. The number of nitrogens with zero attached hydrogens (tertiary/aromatic N) is 1. The van der Waals surface area contributed by atoms with Gasteiger partial charge in [-0.1, -0.05) is 54.4 Å². The fraction of sp³-hybridized carbons (Fsp3) is 0.941. The number of hydrogen-bond acceptors (Lipinski definition) is 1. The van der Waals surface area contributed by atoms with Crippen molar-refractivity contribution in [2.75, 3.05) is 6.54 Å². The van der Waals surface area contributed by atoms with E-state index in [0.29, 0.717) is 29.7 Å². The second-order valence-electron chi connectivity index (χ2n) is 6.33. The fourth-order valence-electron chi connectivity index (χ4n) is 2.93. The van der Waals surface area contributed by atoms with Crippen LogP contribution in [0, 0.1) is 23.7 Å². The van der Waals surface area contributed by atoms with Crippen LogP contribution in [0.15, 0.2) is 0 Å². The molecule has 3 unspecified atom stereocenters. The van der Waals surface area contributed by atoms with Gasteiger partial charge < -0.3 is 4.90 Å². The first kappa shape index (κ1) is 18.5. The normalized spacial score (nSPS) is 16.5. The highest BCUT2D eigenvalue weighted by molar-refractivity contribution is 5.79. The lowest BCUT2D eigenvalue weighted by molar-refractivity contribution is -0.140. The van der Waals surface area contributed by atoms with Gasteiger partial charge in [-0.2, -0.15) is 0 Å². The summed E-state index contributed by atoms with van der Waals surface area (Å²) in [6.07, 6.45) is 2.30. The van der Waals surface area contributed by atoms with Crippen LogP contribution in [-0.2, 0) is 4.79 Å². The van der Waals surface area contributed by atoms with Crippen LogP contribution in [-0.4, -0.2) is 23.4 Å². The molecule has 1 amide bonds. The van der Waals surface area contributed by atoms with Gasteiger partial charge in [-0.05, 0) is 31.6 Å². The van der Waals surface area contributed by atoms with Crippen LogP contribution in [0.4, 0.5) is 0 Å². The Balaban J connectivity index is 4.89. The highest BCUT2D eigenvalue weighted by atomic mass is 16.2. The maximum absolute atomic E-state index is 12.7. The lowest BCUT2D eigenvalue weighted by Gasteiger charge is -2.37. The molecule has 0 aromatic carbocycles. The summed E-state index contributed by atoms with van der Waals surface area (Å²) in [5.74, 6) is 2.07. The molecule has 0 aliphatic heterocycles. The monoisotopic (exact) mass is 269 g/mol. The molecule has 0 aliphatic rings. The molecular formula is C17H35NO. The molecule has 0 aliphatic carbocycles. The van der Waals surface area contributed by atoms with E-state index in [1.807, 2.05) is 0 Å². The van der Waals surface area contributed by atoms with Crippen LogP contribution in [0.5, 0.6) is 0 Å². The minimum Gasteiger partial charge on any atom is -0.340 e. The third-order valence-electron chi connectivity index (χ3n) is 5.08. The maximum atomic E-state index is 12.7. The molecule has 3 atom stereocenters. The fourth-order valence-corrected chi connectivity index (χ4v) is 2.93. The van der Waals surface area contributed by atoms with Gasteiger partial charge in [-0.15, -0.1) is 0 Å². The summed E-state index contributed by atoms with van der Waals surface area (Å²) in [5, 5.41) is 0. The zero-order valence-corrected chi connectivity index (χ0v) is 14.4. The molecule has 0 saturated carbocycles. The van der Waals surface area contributed by atoms with Crippen molar-refractivity contribution < 1.29 is 4.79 Å². The molecule has 0 rings (SSSR count). The third kappa shape index (κ3) is 4.81. The van der Waals surface area contributed by atoms with Crippen LogP contribution in [0.3, 0.4) is 0 Å². The lowest BCUT2D eigenvalue weighted by atomic mass is 9.84. The minimum absolute atomic E-state index is 0.122. The second-order valence-corrected chi connectivity index (χ2v) is 6.33. The van der Waals surface area contributed by atoms with E-state index in [-0.39, 0.29) is 5.92 Å². The van der Waals surface area contributed by atoms with Crippen molar-refractivity contribution in [2.24, 2.45) is 23.7 Å². The number of hydrogen-bond donors (Lipinski definition) is 0. The quantitative estimate of drug-likeness (QED) is 0.631. The van der Waals surface area contributed by atoms with Gasteiger partial charge in [-0.25, -0.2) is 0 Å². The van der Waals surface area contributed by atoms with Gasteiger partial charge >= 0.3 is 0 Å². The van der Waals surface area contributed by atoms with Crippen LogP contribution in [0.2, 0.25) is 0 Å². The van der Waals surface area contributed by atoms with Crippen molar-refractivity contribution in [3.63, 3.8) is 0 Å². The Bertz CT molecular complexity index is 258. The first-order chi connectivity index (χ1) is 8.81. The summed E-state index contributed by atoms with van der Waals surface area (Å²) in [5.41, 5.74) is 0. The summed E-state index contributed by atoms with van der Waals surface area (Å²) in [7, 11) is 0. The molecule has 0 saturated heterocycles. The smallest absolute Gasteiger partial charge is 0.225 e. The molecule has 0 aromatic heterocycles. The molecule has 2 heteroatoms. The number of amides is 1. The van der Waals surface area contributed by atoms with Crippen LogP contribution in [0.1, 0.15) is 68.2 Å². The van der Waals surface area contributed by atoms with E-state index in [9.17, 15) is 4.79 Å². The topological polar surface area (TPSA) is 20.3 Å². The Kier molecular flexibility index (Phi) is 8.36. The maximum Gasteiger partial charge on any atom is 0.225 e. The Morgan fingerprint density at radius 3 is 1.74 bits per heavy atom. The first-order valence-electron chi connectivity index (χ1n) is 8.12. The number of carbonyl (C=O) groups is 1. The third-order valence-corrected chi connectivity index (χ3v) is 5.08. The molecule has 0 fully saturated rings. The first-order valence-corrected chi connectivity index (χ1v) is 8.12. The van der Waals surface area contributed by atoms with E-state index in [2.05, 4.69) is 60.3 Å². The molecule has 2 nitrogen and oxygen atoms in total. The zero-order valence-electron chi connectivity index (χ0n) is 14.4. The summed E-state index contributed by atoms with van der Waals surface area (Å²) < 4.78 is 0. The Hall–Kier alpha value is -0.530. The Morgan fingerprint density at radius 1 is 0.947 bits per heavy atom. The summed E-state index contributed by atoms with van der Waals surface area (Å²) in [6.45, 7) is 18.3. The lowest BCUT2D eigenvalue weighted by Crippen LogP contribution is -2.46. The predicted molar refractivity (Wildman–Crippen MR) is 84.1 cm³/mol. The molecule has 0 N–H and O–H groups in total. The van der Waals surface area contributed by atoms with E-state index in [4.69, 9.17) is 0 Å². The van der Waals surface area contributed by atoms with Crippen molar-refractivity contribution in [3.8, 4) is 0 Å². The summed E-state index contributed by atoms with van der Waals surface area (Å²) in [4.78, 5) is 14.8. The van der Waals surface area contributed by atoms with Gasteiger partial charge in [0.15, 0.2) is 0 Å². The molecule has 0 spiro atoms. The van der Waals surface area contributed by atoms with Crippen molar-refractivity contribution >= 4 is 5.91 Å². The van der Waals surface area contributed by atoms with Crippen molar-refractivity contribution in [1.29, 1.82) is 0 Å². The van der Waals surface area contributed by atoms with Gasteiger partial charge in [0.25, 0.3) is 0 Å². The average Bonchev–Trinajstić information content (AvgIpc) is 2.38. The van der Waals surface area contributed by atoms with Crippen LogP contribution >= 0.6 is 0 Å². The average molecular weight is 269 g/mol. The summed E-state index contributed by atoms with van der Waals surface area (Å²) >= 11 is 0. The van der Waals surface area contributed by atoms with Gasteiger partial charge in [0.2, 0.25) is 5.91 Å². The number of rotatable bonds is 8. The highest BCUT2D eigenvalue weighted by Gasteiger charge is 2.30. The Morgan fingerprint density at radius 2 is 1.42 bits per heavy atom. The zero-order chi connectivity index (χ0) is 15.2. The largest absolute Gasteiger partial charge is 0.340 e. The molecule has 0 heterocycles. The highest BCUT2D eigenvalue weighted by Crippen LogP contribution is 2.25. The predicted octanol–water partition coefficient (Wildman–Crippen LogP) is 4.59. The molecule has 114 valence electrons. The molecule has 0 aromatic rings. The van der Waals surface area contributed by atoms with Gasteiger partial charge in [0.1, 0.15) is 0 Å². The van der Waals surface area contributed by atoms with Crippen LogP contribution in [0.25, 0.3) is 0 Å². The minimum atomic E-state index is 0.122. The van der Waals surface area contributed by atoms with Crippen molar-refractivity contribution in [1.82, 2.24) is 4.90 Å². The molecule has 19 heavy (non-hydrogen) atoms. The van der Waals surface area contributed by atoms with E-state index >= 15 is 0 Å². The van der Waals surface area contributed by atoms with Crippen LogP contribution < -0.4 is 0 Å². The van der Waals surface area contributed by atoms with E-state index in [1.165, 1.54) is 0 Å². The number of carbonyl (C=O) groups excluding carboxylic acids is 1. The second kappa shape index (κ2) is 8.60. The van der Waals surface area contributed by atoms with Gasteiger partial charge in [-0.3, -0.25) is 4.79 Å². The van der Waals surface area contributed by atoms with Gasteiger partial charge in [0.05, 0.1) is 0 Å².